The van der Waals surface area contributed by atoms with E-state index in [9.17, 15) is 5.26 Å². The number of nitriles is 1. The molecule has 1 nitrogen and oxygen atoms in total. The van der Waals surface area contributed by atoms with Crippen molar-refractivity contribution in [2.24, 2.45) is 46.8 Å². The second kappa shape index (κ2) is 7.25. The molecule has 0 amide bonds. The normalized spacial score (nSPS) is 49.4. The largest absolute Gasteiger partial charge is 0.198 e. The van der Waals surface area contributed by atoms with Crippen LogP contribution in [0.15, 0.2) is 0 Å². The van der Waals surface area contributed by atoms with Crippen molar-refractivity contribution in [2.75, 3.05) is 0 Å². The summed E-state index contributed by atoms with van der Waals surface area (Å²) in [6.07, 6.45) is 18.1. The third-order valence-electron chi connectivity index (χ3n) is 9.33. The number of fused-ring (bicyclic) bond motifs is 5. The molecule has 0 aromatic carbocycles. The summed E-state index contributed by atoms with van der Waals surface area (Å²) < 4.78 is 0. The summed E-state index contributed by atoms with van der Waals surface area (Å²) in [5, 5.41) is 9.86. The average molecular weight is 342 g/mol. The van der Waals surface area contributed by atoms with Crippen LogP contribution < -0.4 is 0 Å². The van der Waals surface area contributed by atoms with Crippen LogP contribution in [-0.2, 0) is 0 Å². The van der Waals surface area contributed by atoms with Crippen molar-refractivity contribution < 1.29 is 0 Å². The minimum absolute atomic E-state index is 0.0398. The van der Waals surface area contributed by atoms with Gasteiger partial charge in [0.05, 0.1) is 11.5 Å². The molecule has 8 atom stereocenters. The van der Waals surface area contributed by atoms with Crippen molar-refractivity contribution in [3.8, 4) is 6.07 Å². The lowest BCUT2D eigenvalue weighted by Crippen LogP contribution is -2.49. The molecule has 140 valence electrons. The van der Waals surface area contributed by atoms with Crippen molar-refractivity contribution in [1.29, 1.82) is 5.26 Å². The first-order chi connectivity index (χ1) is 12.2. The van der Waals surface area contributed by atoms with E-state index in [2.05, 4.69) is 19.9 Å². The van der Waals surface area contributed by atoms with E-state index in [1.807, 2.05) is 0 Å². The van der Waals surface area contributed by atoms with Crippen LogP contribution in [0, 0.1) is 58.2 Å². The SMILES string of the molecule is CCCC1(C#N)CCC2C(CCC3C4CCCC(CC)C4CCC23)C1. The van der Waals surface area contributed by atoms with Gasteiger partial charge in [-0.3, -0.25) is 0 Å². The fourth-order valence-electron chi connectivity index (χ4n) is 8.34. The molecule has 4 saturated carbocycles. The van der Waals surface area contributed by atoms with Gasteiger partial charge in [0.25, 0.3) is 0 Å². The maximum absolute atomic E-state index is 9.86. The molecule has 0 aliphatic heterocycles. The predicted octanol–water partition coefficient (Wildman–Crippen LogP) is 6.98. The van der Waals surface area contributed by atoms with Crippen LogP contribution in [0.3, 0.4) is 0 Å². The molecule has 0 aromatic heterocycles. The quantitative estimate of drug-likeness (QED) is 0.543. The van der Waals surface area contributed by atoms with Crippen LogP contribution in [0.25, 0.3) is 0 Å². The zero-order valence-electron chi connectivity index (χ0n) is 16.7. The number of nitrogens with zero attached hydrogens (tertiary/aromatic N) is 1. The maximum Gasteiger partial charge on any atom is 0.0689 e. The molecule has 0 radical (unpaired) electrons. The van der Waals surface area contributed by atoms with Gasteiger partial charge in [-0.1, -0.05) is 39.5 Å². The second-order valence-electron chi connectivity index (χ2n) is 10.2. The minimum atomic E-state index is 0.0398. The monoisotopic (exact) mass is 341 g/mol. The van der Waals surface area contributed by atoms with E-state index in [0.29, 0.717) is 0 Å². The highest BCUT2D eigenvalue weighted by atomic mass is 14.6. The van der Waals surface area contributed by atoms with Gasteiger partial charge in [0.2, 0.25) is 0 Å². The topological polar surface area (TPSA) is 23.8 Å². The van der Waals surface area contributed by atoms with Crippen LogP contribution in [0.5, 0.6) is 0 Å². The van der Waals surface area contributed by atoms with Crippen molar-refractivity contribution in [3.05, 3.63) is 0 Å². The Morgan fingerprint density at radius 2 is 1.56 bits per heavy atom. The van der Waals surface area contributed by atoms with Gasteiger partial charge in [0, 0.05) is 0 Å². The third-order valence-corrected chi connectivity index (χ3v) is 9.33. The third kappa shape index (κ3) is 3.07. The highest BCUT2D eigenvalue weighted by Gasteiger charge is 2.52. The van der Waals surface area contributed by atoms with E-state index in [-0.39, 0.29) is 5.41 Å². The van der Waals surface area contributed by atoms with E-state index < -0.39 is 0 Å². The van der Waals surface area contributed by atoms with Crippen LogP contribution in [0.2, 0.25) is 0 Å². The Balaban J connectivity index is 1.48. The first-order valence-electron chi connectivity index (χ1n) is 11.6. The van der Waals surface area contributed by atoms with E-state index in [0.717, 1.165) is 47.8 Å². The van der Waals surface area contributed by atoms with E-state index in [1.54, 1.807) is 0 Å². The highest BCUT2D eigenvalue weighted by molar-refractivity contribution is 5.07. The summed E-state index contributed by atoms with van der Waals surface area (Å²) in [6, 6.07) is 2.78. The van der Waals surface area contributed by atoms with Gasteiger partial charge < -0.3 is 0 Å². The summed E-state index contributed by atoms with van der Waals surface area (Å²) in [5.74, 6) is 7.10. The lowest BCUT2D eigenvalue weighted by Gasteiger charge is -2.57. The molecule has 0 saturated heterocycles. The number of rotatable bonds is 3. The molecule has 8 unspecified atom stereocenters. The van der Waals surface area contributed by atoms with Gasteiger partial charge in [0.15, 0.2) is 0 Å². The second-order valence-corrected chi connectivity index (χ2v) is 10.2. The van der Waals surface area contributed by atoms with Crippen molar-refractivity contribution in [2.45, 2.75) is 97.3 Å². The van der Waals surface area contributed by atoms with E-state index in [4.69, 9.17) is 0 Å². The Morgan fingerprint density at radius 1 is 0.840 bits per heavy atom. The molecule has 4 fully saturated rings. The van der Waals surface area contributed by atoms with Crippen LogP contribution in [0.1, 0.15) is 97.3 Å². The smallest absolute Gasteiger partial charge is 0.0689 e. The fraction of sp³-hybridized carbons (Fsp3) is 0.958. The molecule has 0 aromatic rings. The Kier molecular flexibility index (Phi) is 5.18. The first-order valence-corrected chi connectivity index (χ1v) is 11.6. The number of hydrogen-bond donors (Lipinski definition) is 0. The molecule has 4 rings (SSSR count). The average Bonchev–Trinajstić information content (AvgIpc) is 2.66. The minimum Gasteiger partial charge on any atom is -0.198 e. The molecule has 0 spiro atoms. The molecular weight excluding hydrogens is 302 g/mol. The lowest BCUT2D eigenvalue weighted by molar-refractivity contribution is -0.0709. The fourth-order valence-corrected chi connectivity index (χ4v) is 8.34. The predicted molar refractivity (Wildman–Crippen MR) is 104 cm³/mol. The van der Waals surface area contributed by atoms with Gasteiger partial charge in [0.1, 0.15) is 0 Å². The summed E-state index contributed by atoms with van der Waals surface area (Å²) in [5.41, 5.74) is 0.0398. The first kappa shape index (κ1) is 17.9. The summed E-state index contributed by atoms with van der Waals surface area (Å²) in [4.78, 5) is 0. The van der Waals surface area contributed by atoms with Crippen molar-refractivity contribution >= 4 is 0 Å². The van der Waals surface area contributed by atoms with Gasteiger partial charge in [-0.25, -0.2) is 0 Å². The lowest BCUT2D eigenvalue weighted by atomic mass is 9.48. The zero-order chi connectivity index (χ0) is 17.4. The van der Waals surface area contributed by atoms with Crippen molar-refractivity contribution in [3.63, 3.8) is 0 Å². The maximum atomic E-state index is 9.86. The molecule has 0 heterocycles. The van der Waals surface area contributed by atoms with E-state index in [1.165, 1.54) is 77.0 Å². The zero-order valence-corrected chi connectivity index (χ0v) is 16.7. The molecular formula is C24H39N. The standard InChI is InChI=1S/C24H39N/c1-3-13-24(16-25)14-12-20-18(15-24)8-9-23-21-7-5-6-17(4-2)19(21)10-11-22(20)23/h17-23H,3-15H2,1-2H3. The molecule has 0 N–H and O–H groups in total. The van der Waals surface area contributed by atoms with Crippen LogP contribution >= 0.6 is 0 Å². The summed E-state index contributed by atoms with van der Waals surface area (Å²) >= 11 is 0. The van der Waals surface area contributed by atoms with Crippen LogP contribution in [-0.4, -0.2) is 0 Å². The number of hydrogen-bond acceptors (Lipinski definition) is 1. The van der Waals surface area contributed by atoms with Crippen LogP contribution in [0.4, 0.5) is 0 Å². The Labute approximate surface area is 156 Å². The van der Waals surface area contributed by atoms with Crippen molar-refractivity contribution in [1.82, 2.24) is 0 Å². The van der Waals surface area contributed by atoms with Gasteiger partial charge in [-0.15, -0.1) is 0 Å². The molecule has 4 aliphatic rings. The van der Waals surface area contributed by atoms with Gasteiger partial charge in [-0.05, 0) is 99.2 Å². The van der Waals surface area contributed by atoms with Gasteiger partial charge >= 0.3 is 0 Å². The Morgan fingerprint density at radius 3 is 2.32 bits per heavy atom. The summed E-state index contributed by atoms with van der Waals surface area (Å²) in [7, 11) is 0. The molecule has 0 bridgehead atoms. The molecule has 4 aliphatic carbocycles. The highest BCUT2D eigenvalue weighted by Crippen LogP contribution is 2.60. The Hall–Kier alpha value is -0.510. The van der Waals surface area contributed by atoms with Gasteiger partial charge in [-0.2, -0.15) is 5.26 Å². The summed E-state index contributed by atoms with van der Waals surface area (Å²) in [6.45, 7) is 4.70. The molecule has 25 heavy (non-hydrogen) atoms. The molecule has 1 heteroatoms. The Bertz CT molecular complexity index is 505. The van der Waals surface area contributed by atoms with E-state index >= 15 is 0 Å².